The first-order chi connectivity index (χ1) is 8.60. The summed E-state index contributed by atoms with van der Waals surface area (Å²) in [5.74, 6) is 0.175. The highest BCUT2D eigenvalue weighted by atomic mass is 16.5. The molecule has 0 aliphatic rings. The van der Waals surface area contributed by atoms with Crippen LogP contribution in [0.2, 0.25) is 0 Å². The predicted octanol–water partition coefficient (Wildman–Crippen LogP) is 2.97. The van der Waals surface area contributed by atoms with Gasteiger partial charge in [0.15, 0.2) is 11.4 Å². The Morgan fingerprint density at radius 1 is 1.28 bits per heavy atom. The van der Waals surface area contributed by atoms with Crippen LogP contribution in [0.4, 0.5) is 0 Å². The van der Waals surface area contributed by atoms with E-state index in [4.69, 9.17) is 9.47 Å². The maximum atomic E-state index is 11.8. The summed E-state index contributed by atoms with van der Waals surface area (Å²) in [5, 5.41) is 0.956. The molecule has 4 heteroatoms. The molecule has 0 aliphatic heterocycles. The molecular formula is C14H17NO3. The van der Waals surface area contributed by atoms with Crippen LogP contribution in [0, 0.1) is 13.8 Å². The van der Waals surface area contributed by atoms with Crippen LogP contribution < -0.4 is 4.74 Å². The normalized spacial score (nSPS) is 10.7. The van der Waals surface area contributed by atoms with Gasteiger partial charge in [0.25, 0.3) is 0 Å². The van der Waals surface area contributed by atoms with Gasteiger partial charge in [-0.05, 0) is 31.9 Å². The summed E-state index contributed by atoms with van der Waals surface area (Å²) in [6.45, 7) is 6.39. The van der Waals surface area contributed by atoms with Crippen LogP contribution in [0.25, 0.3) is 10.9 Å². The molecule has 2 aromatic rings. The standard InChI is InChI=1S/C14H17NO3/c1-5-18-13-10-8(2)6-7-9(3)11(10)15-12(13)14(16)17-4/h6-7,15H,5H2,1-4H3. The second-order valence-corrected chi connectivity index (χ2v) is 4.20. The first-order valence-corrected chi connectivity index (χ1v) is 5.93. The van der Waals surface area contributed by atoms with E-state index in [0.717, 1.165) is 22.0 Å². The molecule has 0 saturated carbocycles. The number of nitrogens with one attached hydrogen (secondary N) is 1. The third-order valence-corrected chi connectivity index (χ3v) is 3.00. The summed E-state index contributed by atoms with van der Waals surface area (Å²) in [6.07, 6.45) is 0. The number of aromatic nitrogens is 1. The summed E-state index contributed by atoms with van der Waals surface area (Å²) in [7, 11) is 1.36. The van der Waals surface area contributed by atoms with Crippen molar-refractivity contribution >= 4 is 16.9 Å². The van der Waals surface area contributed by atoms with Gasteiger partial charge in [0.1, 0.15) is 0 Å². The van der Waals surface area contributed by atoms with E-state index in [1.165, 1.54) is 7.11 Å². The van der Waals surface area contributed by atoms with Gasteiger partial charge in [-0.3, -0.25) is 0 Å². The number of ether oxygens (including phenoxy) is 2. The number of fused-ring (bicyclic) bond motifs is 1. The van der Waals surface area contributed by atoms with Crippen LogP contribution in [-0.4, -0.2) is 24.7 Å². The van der Waals surface area contributed by atoms with E-state index in [9.17, 15) is 4.79 Å². The molecule has 0 unspecified atom stereocenters. The Bertz CT molecular complexity index is 599. The topological polar surface area (TPSA) is 51.3 Å². The maximum Gasteiger partial charge on any atom is 0.358 e. The number of rotatable bonds is 3. The van der Waals surface area contributed by atoms with Crippen LogP contribution in [0.5, 0.6) is 5.75 Å². The highest BCUT2D eigenvalue weighted by molar-refractivity contribution is 6.03. The van der Waals surface area contributed by atoms with Crippen molar-refractivity contribution in [1.29, 1.82) is 0 Å². The number of carbonyl (C=O) groups is 1. The summed E-state index contributed by atoms with van der Waals surface area (Å²) in [6, 6.07) is 4.04. The van der Waals surface area contributed by atoms with Crippen molar-refractivity contribution in [3.8, 4) is 5.75 Å². The molecule has 0 aliphatic carbocycles. The second-order valence-electron chi connectivity index (χ2n) is 4.20. The molecular weight excluding hydrogens is 230 g/mol. The lowest BCUT2D eigenvalue weighted by Gasteiger charge is -2.05. The number of methoxy groups -OCH3 is 1. The van der Waals surface area contributed by atoms with Gasteiger partial charge in [-0.25, -0.2) is 4.79 Å². The van der Waals surface area contributed by atoms with E-state index in [0.29, 0.717) is 18.1 Å². The number of benzene rings is 1. The molecule has 1 heterocycles. The number of hydrogen-bond acceptors (Lipinski definition) is 3. The van der Waals surface area contributed by atoms with Crippen molar-refractivity contribution < 1.29 is 14.3 Å². The number of carbonyl (C=O) groups excluding carboxylic acids is 1. The van der Waals surface area contributed by atoms with E-state index in [2.05, 4.69) is 4.98 Å². The zero-order valence-corrected chi connectivity index (χ0v) is 11.1. The van der Waals surface area contributed by atoms with Gasteiger partial charge in [-0.1, -0.05) is 12.1 Å². The molecule has 96 valence electrons. The fraction of sp³-hybridized carbons (Fsp3) is 0.357. The van der Waals surface area contributed by atoms with Crippen molar-refractivity contribution in [2.45, 2.75) is 20.8 Å². The molecule has 4 nitrogen and oxygen atoms in total. The first-order valence-electron chi connectivity index (χ1n) is 5.93. The zero-order valence-electron chi connectivity index (χ0n) is 11.1. The molecule has 0 spiro atoms. The Labute approximate surface area is 106 Å². The molecule has 0 radical (unpaired) electrons. The van der Waals surface area contributed by atoms with Crippen molar-refractivity contribution in [2.75, 3.05) is 13.7 Å². The van der Waals surface area contributed by atoms with E-state index in [1.807, 2.05) is 32.9 Å². The minimum atomic E-state index is -0.409. The number of aryl methyl sites for hydroxylation is 2. The third-order valence-electron chi connectivity index (χ3n) is 3.00. The Kier molecular flexibility index (Phi) is 3.28. The summed E-state index contributed by atoms with van der Waals surface area (Å²) < 4.78 is 10.4. The van der Waals surface area contributed by atoms with E-state index >= 15 is 0 Å². The summed E-state index contributed by atoms with van der Waals surface area (Å²) in [4.78, 5) is 14.9. The second kappa shape index (κ2) is 4.72. The van der Waals surface area contributed by atoms with Crippen molar-refractivity contribution in [3.05, 3.63) is 29.0 Å². The van der Waals surface area contributed by atoms with Gasteiger partial charge in [-0.15, -0.1) is 0 Å². The van der Waals surface area contributed by atoms with E-state index in [1.54, 1.807) is 0 Å². The highest BCUT2D eigenvalue weighted by Crippen LogP contribution is 2.34. The minimum Gasteiger partial charge on any atom is -0.491 e. The Hall–Kier alpha value is -1.97. The van der Waals surface area contributed by atoms with Crippen LogP contribution in [0.3, 0.4) is 0 Å². The zero-order chi connectivity index (χ0) is 13.3. The number of aromatic amines is 1. The van der Waals surface area contributed by atoms with Crippen LogP contribution >= 0.6 is 0 Å². The number of hydrogen-bond donors (Lipinski definition) is 1. The smallest absolute Gasteiger partial charge is 0.358 e. The largest absolute Gasteiger partial charge is 0.491 e. The van der Waals surface area contributed by atoms with Crippen molar-refractivity contribution in [2.24, 2.45) is 0 Å². The molecule has 1 N–H and O–H groups in total. The fourth-order valence-corrected chi connectivity index (χ4v) is 2.11. The van der Waals surface area contributed by atoms with Crippen LogP contribution in [0.1, 0.15) is 28.5 Å². The van der Waals surface area contributed by atoms with Gasteiger partial charge in [0.05, 0.1) is 19.2 Å². The van der Waals surface area contributed by atoms with Gasteiger partial charge in [0.2, 0.25) is 0 Å². The van der Waals surface area contributed by atoms with Gasteiger partial charge in [0, 0.05) is 5.39 Å². The molecule has 0 atom stereocenters. The van der Waals surface area contributed by atoms with E-state index < -0.39 is 5.97 Å². The summed E-state index contributed by atoms with van der Waals surface area (Å²) >= 11 is 0. The molecule has 0 saturated heterocycles. The Morgan fingerprint density at radius 3 is 2.56 bits per heavy atom. The van der Waals surface area contributed by atoms with E-state index in [-0.39, 0.29) is 0 Å². The van der Waals surface area contributed by atoms with Gasteiger partial charge >= 0.3 is 5.97 Å². The van der Waals surface area contributed by atoms with Crippen molar-refractivity contribution in [1.82, 2.24) is 4.98 Å². The number of H-pyrrole nitrogens is 1. The molecule has 1 aromatic carbocycles. The van der Waals surface area contributed by atoms with Gasteiger partial charge in [-0.2, -0.15) is 0 Å². The third kappa shape index (κ3) is 1.83. The average molecular weight is 247 g/mol. The predicted molar refractivity (Wildman–Crippen MR) is 70.3 cm³/mol. The van der Waals surface area contributed by atoms with Crippen molar-refractivity contribution in [3.63, 3.8) is 0 Å². The Morgan fingerprint density at radius 2 is 1.94 bits per heavy atom. The molecule has 18 heavy (non-hydrogen) atoms. The molecule has 0 amide bonds. The molecule has 1 aromatic heterocycles. The highest BCUT2D eigenvalue weighted by Gasteiger charge is 2.21. The lowest BCUT2D eigenvalue weighted by molar-refractivity contribution is 0.0590. The SMILES string of the molecule is CCOc1c(C(=O)OC)[nH]c2c(C)ccc(C)c12. The quantitative estimate of drug-likeness (QED) is 0.848. The lowest BCUT2D eigenvalue weighted by atomic mass is 10.1. The van der Waals surface area contributed by atoms with Gasteiger partial charge < -0.3 is 14.5 Å². The average Bonchev–Trinajstić information content (AvgIpc) is 2.74. The van der Waals surface area contributed by atoms with Crippen LogP contribution in [-0.2, 0) is 4.74 Å². The molecule has 2 rings (SSSR count). The first kappa shape index (κ1) is 12.5. The maximum absolute atomic E-state index is 11.8. The molecule has 0 bridgehead atoms. The summed E-state index contributed by atoms with van der Waals surface area (Å²) in [5.41, 5.74) is 3.46. The Balaban J connectivity index is 2.79. The lowest BCUT2D eigenvalue weighted by Crippen LogP contribution is -2.05. The van der Waals surface area contributed by atoms with Crippen LogP contribution in [0.15, 0.2) is 12.1 Å². The fourth-order valence-electron chi connectivity index (χ4n) is 2.11. The molecule has 0 fully saturated rings. The monoisotopic (exact) mass is 247 g/mol. The minimum absolute atomic E-state index is 0.381. The number of esters is 1.